The predicted octanol–water partition coefficient (Wildman–Crippen LogP) is 5.04. The molecule has 3 N–H and O–H groups in total. The number of hydrogen-bond donors (Lipinski definition) is 2. The van der Waals surface area contributed by atoms with Gasteiger partial charge in [-0.15, -0.1) is 0 Å². The number of anilines is 1. The second-order valence-corrected chi connectivity index (χ2v) is 13.6. The van der Waals surface area contributed by atoms with Crippen LogP contribution in [0.4, 0.5) is 18.9 Å². The van der Waals surface area contributed by atoms with E-state index in [0.29, 0.717) is 59.8 Å². The third-order valence-corrected chi connectivity index (χ3v) is 9.86. The van der Waals surface area contributed by atoms with E-state index in [0.717, 1.165) is 42.1 Å². The lowest BCUT2D eigenvalue weighted by Crippen LogP contribution is -2.53. The number of amides is 2. The van der Waals surface area contributed by atoms with Crippen molar-refractivity contribution in [1.29, 1.82) is 0 Å². The first-order chi connectivity index (χ1) is 22.8. The van der Waals surface area contributed by atoms with Crippen LogP contribution in [0.5, 0.6) is 5.88 Å². The van der Waals surface area contributed by atoms with Gasteiger partial charge in [0.25, 0.3) is 5.91 Å². The normalized spacial score (nSPS) is 22.5. The summed E-state index contributed by atoms with van der Waals surface area (Å²) in [6, 6.07) is 8.62. The summed E-state index contributed by atoms with van der Waals surface area (Å²) in [7, 11) is 1.53. The standard InChI is InChI=1S/C35H38F3N7O3/c1-18-17-34(33(47)43-31(44-34)24-10-11-26(35(36,37)38)41-30(24)21-6-7-21)12-13-45(18)25-15-23(9-8-22(25)14-20-4-5-20)29-19(2)40-28(16-27(39)46)42-32(29)48-3/h8-11,15,18,20-21H,4-7,12-14,16-17H2,1-3H3,(H2,39,46)(H,43,44,47)/t18-,34+/m0/s1. The number of alkyl halides is 3. The monoisotopic (exact) mass is 661 g/mol. The molecule has 3 aromatic rings. The zero-order chi connectivity index (χ0) is 34.0. The number of nitrogens with zero attached hydrogens (tertiary/aromatic N) is 5. The predicted molar refractivity (Wildman–Crippen MR) is 173 cm³/mol. The van der Waals surface area contributed by atoms with Gasteiger partial charge in [-0.05, 0) is 87.6 Å². The minimum Gasteiger partial charge on any atom is -0.480 e. The fraction of sp³-hybridized carbons (Fsp3) is 0.486. The van der Waals surface area contributed by atoms with Gasteiger partial charge in [0, 0.05) is 36.2 Å². The third kappa shape index (κ3) is 6.10. The number of aromatic nitrogens is 3. The zero-order valence-corrected chi connectivity index (χ0v) is 27.2. The molecule has 7 rings (SSSR count). The number of amidine groups is 1. The Morgan fingerprint density at radius 1 is 1.12 bits per heavy atom. The number of nitrogens with one attached hydrogen (secondary N) is 1. The number of hydrogen-bond acceptors (Lipinski definition) is 8. The molecule has 13 heteroatoms. The Labute approximate surface area is 276 Å². The van der Waals surface area contributed by atoms with Crippen molar-refractivity contribution in [2.45, 2.75) is 88.9 Å². The minimum atomic E-state index is -4.55. The Morgan fingerprint density at radius 3 is 2.54 bits per heavy atom. The highest BCUT2D eigenvalue weighted by atomic mass is 19.4. The van der Waals surface area contributed by atoms with Crippen molar-refractivity contribution >= 4 is 23.3 Å². The van der Waals surface area contributed by atoms with Gasteiger partial charge in [0.2, 0.25) is 11.8 Å². The number of methoxy groups -OCH3 is 1. The summed E-state index contributed by atoms with van der Waals surface area (Å²) in [5.74, 6) is 0.779. The maximum absolute atomic E-state index is 13.6. The first-order valence-corrected chi connectivity index (χ1v) is 16.4. The van der Waals surface area contributed by atoms with Crippen molar-refractivity contribution < 1.29 is 27.5 Å². The number of aryl methyl sites for hydroxylation is 1. The van der Waals surface area contributed by atoms with Crippen LogP contribution in [0.25, 0.3) is 11.1 Å². The quantitative estimate of drug-likeness (QED) is 0.328. The van der Waals surface area contributed by atoms with Crippen LogP contribution in [0.3, 0.4) is 0 Å². The SMILES string of the molecule is COc1nc(CC(N)=O)nc(C)c1-c1ccc(CC2CC2)c(N2CC[C@]3(C[C@@H]2C)N=C(c2ccc(C(F)(F)F)nc2C2CC2)NC3=O)c1. The van der Waals surface area contributed by atoms with Crippen LogP contribution in [0, 0.1) is 12.8 Å². The molecular formula is C35H38F3N7O3. The van der Waals surface area contributed by atoms with E-state index in [4.69, 9.17) is 15.5 Å². The number of aliphatic imine (C=N–C) groups is 1. The van der Waals surface area contributed by atoms with Crippen LogP contribution in [-0.4, -0.2) is 57.8 Å². The fourth-order valence-corrected chi connectivity index (χ4v) is 7.15. The lowest BCUT2D eigenvalue weighted by molar-refractivity contribution is -0.141. The van der Waals surface area contributed by atoms with Crippen molar-refractivity contribution in [2.75, 3.05) is 18.6 Å². The first kappa shape index (κ1) is 32.0. The molecule has 2 saturated carbocycles. The minimum absolute atomic E-state index is 0.0663. The van der Waals surface area contributed by atoms with E-state index in [9.17, 15) is 22.8 Å². The first-order valence-electron chi connectivity index (χ1n) is 16.4. The molecule has 1 aromatic carbocycles. The third-order valence-electron chi connectivity index (χ3n) is 9.86. The highest BCUT2D eigenvalue weighted by molar-refractivity contribution is 6.16. The van der Waals surface area contributed by atoms with E-state index >= 15 is 0 Å². The number of primary amides is 1. The molecule has 2 atom stereocenters. The lowest BCUT2D eigenvalue weighted by Gasteiger charge is -2.43. The molecule has 2 amide bonds. The molecule has 0 radical (unpaired) electrons. The maximum atomic E-state index is 13.6. The van der Waals surface area contributed by atoms with Gasteiger partial charge in [0.05, 0.1) is 30.5 Å². The van der Waals surface area contributed by atoms with Crippen LogP contribution in [0.2, 0.25) is 0 Å². The van der Waals surface area contributed by atoms with Gasteiger partial charge < -0.3 is 20.7 Å². The molecule has 3 fully saturated rings. The number of ether oxygens (including phenoxy) is 1. The summed E-state index contributed by atoms with van der Waals surface area (Å²) in [5.41, 5.74) is 8.81. The van der Waals surface area contributed by atoms with E-state index in [2.05, 4.69) is 50.3 Å². The van der Waals surface area contributed by atoms with Crippen molar-refractivity contribution in [2.24, 2.45) is 16.6 Å². The number of rotatable bonds is 9. The van der Waals surface area contributed by atoms with Crippen molar-refractivity contribution in [3.63, 3.8) is 0 Å². The lowest BCUT2D eigenvalue weighted by atomic mass is 9.83. The highest BCUT2D eigenvalue weighted by Gasteiger charge is 2.49. The Hall–Kier alpha value is -4.55. The summed E-state index contributed by atoms with van der Waals surface area (Å²) in [6.07, 6.45) is 1.10. The van der Waals surface area contributed by atoms with E-state index in [1.165, 1.54) is 31.6 Å². The van der Waals surface area contributed by atoms with Gasteiger partial charge in [-0.1, -0.05) is 12.1 Å². The Morgan fingerprint density at radius 2 is 1.90 bits per heavy atom. The second-order valence-electron chi connectivity index (χ2n) is 13.6. The molecule has 1 saturated heterocycles. The van der Waals surface area contributed by atoms with E-state index in [-0.39, 0.29) is 24.3 Å². The number of benzene rings is 1. The number of piperidine rings is 1. The van der Waals surface area contributed by atoms with Crippen molar-refractivity contribution in [3.05, 3.63) is 64.4 Å². The van der Waals surface area contributed by atoms with Gasteiger partial charge >= 0.3 is 6.18 Å². The summed E-state index contributed by atoms with van der Waals surface area (Å²) in [4.78, 5) is 45.4. The molecule has 10 nitrogen and oxygen atoms in total. The van der Waals surface area contributed by atoms with Gasteiger partial charge in [-0.2, -0.15) is 18.2 Å². The molecule has 1 spiro atoms. The van der Waals surface area contributed by atoms with E-state index in [1.54, 1.807) is 0 Å². The van der Waals surface area contributed by atoms with Crippen LogP contribution in [-0.2, 0) is 28.6 Å². The van der Waals surface area contributed by atoms with Crippen molar-refractivity contribution in [1.82, 2.24) is 20.3 Å². The van der Waals surface area contributed by atoms with Crippen LogP contribution >= 0.6 is 0 Å². The smallest absolute Gasteiger partial charge is 0.433 e. The highest BCUT2D eigenvalue weighted by Crippen LogP contribution is 2.45. The number of nitrogens with two attached hydrogens (primary N) is 1. The van der Waals surface area contributed by atoms with Crippen LogP contribution in [0.15, 0.2) is 35.3 Å². The molecule has 48 heavy (non-hydrogen) atoms. The number of halogens is 3. The van der Waals surface area contributed by atoms with E-state index in [1.807, 2.05) is 6.92 Å². The summed E-state index contributed by atoms with van der Waals surface area (Å²) >= 11 is 0. The largest absolute Gasteiger partial charge is 0.480 e. The molecular weight excluding hydrogens is 623 g/mol. The summed E-state index contributed by atoms with van der Waals surface area (Å²) in [6.45, 7) is 4.49. The topological polar surface area (TPSA) is 136 Å². The van der Waals surface area contributed by atoms with Crippen LogP contribution < -0.4 is 20.7 Å². The maximum Gasteiger partial charge on any atom is 0.433 e. The number of carbonyl (C=O) groups is 2. The average Bonchev–Trinajstić information content (AvgIpc) is 3.96. The van der Waals surface area contributed by atoms with Crippen molar-refractivity contribution in [3.8, 4) is 17.0 Å². The molecule has 0 bridgehead atoms. The fourth-order valence-electron chi connectivity index (χ4n) is 7.15. The van der Waals surface area contributed by atoms with Gasteiger partial charge in [-0.3, -0.25) is 14.6 Å². The Bertz CT molecular complexity index is 1840. The average molecular weight is 662 g/mol. The van der Waals surface area contributed by atoms with Gasteiger partial charge in [0.15, 0.2) is 0 Å². The Balaban J connectivity index is 1.20. The molecule has 2 aliphatic carbocycles. The van der Waals surface area contributed by atoms with E-state index < -0.39 is 23.3 Å². The summed E-state index contributed by atoms with van der Waals surface area (Å²) < 4.78 is 46.1. The Kier molecular flexibility index (Phi) is 7.91. The summed E-state index contributed by atoms with van der Waals surface area (Å²) in [5, 5.41) is 2.91. The number of pyridine rings is 1. The molecule has 4 heterocycles. The van der Waals surface area contributed by atoms with Crippen LogP contribution in [0.1, 0.15) is 85.4 Å². The van der Waals surface area contributed by atoms with Gasteiger partial charge in [0.1, 0.15) is 22.9 Å². The molecule has 4 aliphatic rings. The molecule has 2 aliphatic heterocycles. The zero-order valence-electron chi connectivity index (χ0n) is 27.2. The van der Waals surface area contributed by atoms with Gasteiger partial charge in [-0.25, -0.2) is 9.97 Å². The molecule has 252 valence electrons. The molecule has 0 unspecified atom stereocenters. The second kappa shape index (κ2) is 11.9. The molecule has 2 aromatic heterocycles. The number of carbonyl (C=O) groups excluding carboxylic acids is 2.